The minimum Gasteiger partial charge on any atom is -0.497 e. The van der Waals surface area contributed by atoms with Crippen LogP contribution >= 0.6 is 0 Å². The summed E-state index contributed by atoms with van der Waals surface area (Å²) in [5.41, 5.74) is 4.50. The fraction of sp³-hybridized carbons (Fsp3) is 0.440. The quantitative estimate of drug-likeness (QED) is 0.499. The van der Waals surface area contributed by atoms with Crippen molar-refractivity contribution in [2.75, 3.05) is 51.7 Å². The SMILES string of the molecule is C=C(NCCN1CCCC1)c1cccc(NC2NCC(c3ccc(OC)cc3)CN2)c1. The maximum absolute atomic E-state index is 5.26. The van der Waals surface area contributed by atoms with E-state index in [9.17, 15) is 0 Å². The van der Waals surface area contributed by atoms with Gasteiger partial charge in [0.05, 0.1) is 7.11 Å². The van der Waals surface area contributed by atoms with Crippen LogP contribution in [0.1, 0.15) is 29.9 Å². The molecule has 0 bridgehead atoms. The summed E-state index contributed by atoms with van der Waals surface area (Å²) in [5, 5.41) is 14.2. The Balaban J connectivity index is 1.24. The number of ether oxygens (including phenoxy) is 1. The summed E-state index contributed by atoms with van der Waals surface area (Å²) >= 11 is 0. The maximum atomic E-state index is 5.26. The zero-order valence-corrected chi connectivity index (χ0v) is 18.5. The van der Waals surface area contributed by atoms with Crippen molar-refractivity contribution in [3.63, 3.8) is 0 Å². The molecule has 0 radical (unpaired) electrons. The van der Waals surface area contributed by atoms with Crippen molar-refractivity contribution in [1.29, 1.82) is 0 Å². The van der Waals surface area contributed by atoms with E-state index in [4.69, 9.17) is 4.74 Å². The summed E-state index contributed by atoms with van der Waals surface area (Å²) in [6.45, 7) is 10.6. The van der Waals surface area contributed by atoms with E-state index in [1.165, 1.54) is 31.5 Å². The molecule has 0 amide bonds. The molecule has 0 atom stereocenters. The van der Waals surface area contributed by atoms with Crippen LogP contribution in [0, 0.1) is 0 Å². The van der Waals surface area contributed by atoms with E-state index >= 15 is 0 Å². The Kier molecular flexibility index (Phi) is 7.46. The molecule has 31 heavy (non-hydrogen) atoms. The Morgan fingerprint density at radius 2 is 1.84 bits per heavy atom. The van der Waals surface area contributed by atoms with Gasteiger partial charge in [-0.05, 0) is 61.3 Å². The van der Waals surface area contributed by atoms with Crippen LogP contribution in [0.4, 0.5) is 5.69 Å². The fourth-order valence-corrected chi connectivity index (χ4v) is 4.31. The highest BCUT2D eigenvalue weighted by Crippen LogP contribution is 2.21. The van der Waals surface area contributed by atoms with Gasteiger partial charge >= 0.3 is 0 Å². The number of likely N-dealkylation sites (tertiary alicyclic amines) is 1. The van der Waals surface area contributed by atoms with Crippen molar-refractivity contribution in [3.8, 4) is 5.75 Å². The Morgan fingerprint density at radius 3 is 2.55 bits per heavy atom. The number of hydrogen-bond donors (Lipinski definition) is 4. The third-order valence-corrected chi connectivity index (χ3v) is 6.21. The summed E-state index contributed by atoms with van der Waals surface area (Å²) in [6, 6.07) is 16.8. The summed E-state index contributed by atoms with van der Waals surface area (Å²) in [5.74, 6) is 1.34. The molecule has 0 aromatic heterocycles. The molecule has 2 aliphatic rings. The molecule has 4 rings (SSSR count). The summed E-state index contributed by atoms with van der Waals surface area (Å²) in [7, 11) is 1.70. The molecule has 2 aromatic rings. The molecule has 6 heteroatoms. The van der Waals surface area contributed by atoms with Gasteiger partial charge < -0.3 is 20.3 Å². The monoisotopic (exact) mass is 421 g/mol. The third kappa shape index (κ3) is 6.00. The second kappa shape index (κ2) is 10.7. The summed E-state index contributed by atoms with van der Waals surface area (Å²) < 4.78 is 5.26. The maximum Gasteiger partial charge on any atom is 0.132 e. The minimum absolute atomic E-state index is 0.0427. The standard InChI is InChI=1S/C25H35N5O/c1-19(26-12-15-30-13-3-4-14-30)21-6-5-7-23(16-21)29-25-27-17-22(18-28-25)20-8-10-24(31-2)11-9-20/h5-11,16,22,25-29H,1,3-4,12-15,17-18H2,2H3. The first-order chi connectivity index (χ1) is 15.2. The average molecular weight is 422 g/mol. The van der Waals surface area contributed by atoms with Gasteiger partial charge in [-0.15, -0.1) is 0 Å². The molecule has 6 nitrogen and oxygen atoms in total. The van der Waals surface area contributed by atoms with Gasteiger partial charge in [-0.2, -0.15) is 0 Å². The zero-order valence-electron chi connectivity index (χ0n) is 18.5. The molecule has 2 heterocycles. The Hall–Kier alpha value is -2.54. The highest BCUT2D eigenvalue weighted by atomic mass is 16.5. The minimum atomic E-state index is 0.0427. The second-order valence-corrected chi connectivity index (χ2v) is 8.40. The second-order valence-electron chi connectivity index (χ2n) is 8.40. The van der Waals surface area contributed by atoms with Gasteiger partial charge in [0, 0.05) is 43.5 Å². The predicted molar refractivity (Wildman–Crippen MR) is 128 cm³/mol. The molecule has 0 unspecified atom stereocenters. The number of methoxy groups -OCH3 is 1. The van der Waals surface area contributed by atoms with Gasteiger partial charge in [-0.1, -0.05) is 30.8 Å². The van der Waals surface area contributed by atoms with Gasteiger partial charge in [0.25, 0.3) is 0 Å². The lowest BCUT2D eigenvalue weighted by Gasteiger charge is -2.32. The van der Waals surface area contributed by atoms with Crippen molar-refractivity contribution < 1.29 is 4.74 Å². The molecule has 2 aromatic carbocycles. The van der Waals surface area contributed by atoms with Crippen LogP contribution < -0.4 is 26.0 Å². The molecule has 2 fully saturated rings. The smallest absolute Gasteiger partial charge is 0.132 e. The van der Waals surface area contributed by atoms with E-state index in [1.807, 2.05) is 12.1 Å². The number of nitrogens with zero attached hydrogens (tertiary/aromatic N) is 1. The molecule has 0 aliphatic carbocycles. The topological polar surface area (TPSA) is 60.6 Å². The van der Waals surface area contributed by atoms with E-state index in [-0.39, 0.29) is 6.29 Å². The molecular weight excluding hydrogens is 386 g/mol. The van der Waals surface area contributed by atoms with E-state index in [0.717, 1.165) is 48.9 Å². The molecule has 2 aliphatic heterocycles. The van der Waals surface area contributed by atoms with Crippen molar-refractivity contribution >= 4 is 11.4 Å². The Morgan fingerprint density at radius 1 is 1.10 bits per heavy atom. The van der Waals surface area contributed by atoms with Crippen LogP contribution in [-0.2, 0) is 0 Å². The fourth-order valence-electron chi connectivity index (χ4n) is 4.31. The van der Waals surface area contributed by atoms with Gasteiger partial charge in [-0.3, -0.25) is 10.6 Å². The lowest BCUT2D eigenvalue weighted by molar-refractivity contribution is 0.343. The van der Waals surface area contributed by atoms with Crippen LogP contribution in [0.2, 0.25) is 0 Å². The van der Waals surface area contributed by atoms with Crippen molar-refractivity contribution in [1.82, 2.24) is 20.9 Å². The van der Waals surface area contributed by atoms with Gasteiger partial charge in [0.2, 0.25) is 0 Å². The lowest BCUT2D eigenvalue weighted by atomic mass is 9.97. The van der Waals surface area contributed by atoms with Gasteiger partial charge in [0.15, 0.2) is 0 Å². The molecule has 4 N–H and O–H groups in total. The van der Waals surface area contributed by atoms with E-state index in [1.54, 1.807) is 7.11 Å². The first kappa shape index (κ1) is 21.7. The first-order valence-corrected chi connectivity index (χ1v) is 11.3. The molecule has 0 saturated carbocycles. The van der Waals surface area contributed by atoms with E-state index < -0.39 is 0 Å². The van der Waals surface area contributed by atoms with Crippen molar-refractivity contribution in [2.45, 2.75) is 25.0 Å². The Labute approximate surface area is 186 Å². The molecule has 0 spiro atoms. The van der Waals surface area contributed by atoms with E-state index in [2.05, 4.69) is 69.1 Å². The van der Waals surface area contributed by atoms with Crippen LogP contribution in [0.25, 0.3) is 5.70 Å². The van der Waals surface area contributed by atoms with Crippen molar-refractivity contribution in [3.05, 3.63) is 66.2 Å². The van der Waals surface area contributed by atoms with Crippen LogP contribution in [0.15, 0.2) is 55.1 Å². The average Bonchev–Trinajstić information content (AvgIpc) is 3.33. The van der Waals surface area contributed by atoms with Crippen LogP contribution in [0.5, 0.6) is 5.75 Å². The first-order valence-electron chi connectivity index (χ1n) is 11.3. The highest BCUT2D eigenvalue weighted by Gasteiger charge is 2.21. The lowest BCUT2D eigenvalue weighted by Crippen LogP contribution is -2.55. The van der Waals surface area contributed by atoms with Crippen LogP contribution in [-0.4, -0.2) is 57.6 Å². The normalized spacial score (nSPS) is 21.6. The van der Waals surface area contributed by atoms with Crippen molar-refractivity contribution in [2.24, 2.45) is 0 Å². The summed E-state index contributed by atoms with van der Waals surface area (Å²) in [4.78, 5) is 2.51. The molecular formula is C25H35N5O. The van der Waals surface area contributed by atoms with Gasteiger partial charge in [-0.25, -0.2) is 0 Å². The number of anilines is 1. The molecule has 166 valence electrons. The number of rotatable bonds is 9. The third-order valence-electron chi connectivity index (χ3n) is 6.21. The Bertz CT molecular complexity index is 839. The van der Waals surface area contributed by atoms with E-state index in [0.29, 0.717) is 5.92 Å². The number of nitrogens with one attached hydrogen (secondary N) is 4. The predicted octanol–water partition coefficient (Wildman–Crippen LogP) is 3.02. The highest BCUT2D eigenvalue weighted by molar-refractivity contribution is 5.65. The number of hydrogen-bond acceptors (Lipinski definition) is 6. The largest absolute Gasteiger partial charge is 0.497 e. The molecule has 2 saturated heterocycles. The van der Waals surface area contributed by atoms with Crippen LogP contribution in [0.3, 0.4) is 0 Å². The van der Waals surface area contributed by atoms with Gasteiger partial charge in [0.1, 0.15) is 12.0 Å². The zero-order chi connectivity index (χ0) is 21.5. The number of benzene rings is 2. The summed E-state index contributed by atoms with van der Waals surface area (Å²) in [6.07, 6.45) is 2.71.